The van der Waals surface area contributed by atoms with Crippen molar-refractivity contribution in [3.63, 3.8) is 0 Å². The minimum Gasteiger partial charge on any atom is -0.384 e. The molecule has 0 spiro atoms. The van der Waals surface area contributed by atoms with Gasteiger partial charge in [0.05, 0.1) is 17.7 Å². The van der Waals surface area contributed by atoms with Crippen LogP contribution in [0.15, 0.2) is 65.8 Å². The molecule has 4 heteroatoms. The van der Waals surface area contributed by atoms with Crippen LogP contribution in [-0.4, -0.2) is 10.9 Å². The summed E-state index contributed by atoms with van der Waals surface area (Å²) >= 11 is 0. The number of nitrogens with two attached hydrogens (primary N) is 1. The lowest BCUT2D eigenvalue weighted by molar-refractivity contribution is 0.0950. The Morgan fingerprint density at radius 2 is 2.13 bits per heavy atom. The van der Waals surface area contributed by atoms with Crippen molar-refractivity contribution in [2.45, 2.75) is 38.6 Å². The summed E-state index contributed by atoms with van der Waals surface area (Å²) in [6.45, 7) is 4.36. The summed E-state index contributed by atoms with van der Waals surface area (Å²) in [7, 11) is 0. The summed E-state index contributed by atoms with van der Waals surface area (Å²) in [5, 5.41) is 3.06. The van der Waals surface area contributed by atoms with Crippen LogP contribution >= 0.6 is 0 Å². The van der Waals surface area contributed by atoms with E-state index in [9.17, 15) is 4.79 Å². The molecule has 1 aromatic carbocycles. The number of benzene rings is 1. The van der Waals surface area contributed by atoms with E-state index in [2.05, 4.69) is 46.7 Å². The fourth-order valence-corrected chi connectivity index (χ4v) is 4.95. The predicted molar refractivity (Wildman–Crippen MR) is 119 cm³/mol. The lowest BCUT2D eigenvalue weighted by atomic mass is 9.85. The first kappa shape index (κ1) is 18.5. The molecule has 1 heterocycles. The normalized spacial score (nSPS) is 20.5. The number of nitrogens with one attached hydrogen (secondary N) is 1. The number of amides is 1. The third-order valence-corrected chi connectivity index (χ3v) is 6.42. The maximum atomic E-state index is 12.9. The van der Waals surface area contributed by atoms with Crippen molar-refractivity contribution >= 4 is 11.7 Å². The van der Waals surface area contributed by atoms with Gasteiger partial charge in [0, 0.05) is 35.7 Å². The average molecular weight is 394 g/mol. The van der Waals surface area contributed by atoms with E-state index in [0.29, 0.717) is 29.8 Å². The van der Waals surface area contributed by atoms with E-state index < -0.39 is 0 Å². The van der Waals surface area contributed by atoms with Crippen LogP contribution in [0.5, 0.6) is 0 Å². The number of fused-ring (bicyclic) bond motifs is 5. The molecule has 0 aliphatic heterocycles. The lowest BCUT2D eigenvalue weighted by Gasteiger charge is -2.18. The number of aromatic nitrogens is 1. The van der Waals surface area contributed by atoms with E-state index in [4.69, 9.17) is 5.73 Å². The Morgan fingerprint density at radius 1 is 1.27 bits per heavy atom. The molecule has 2 aromatic rings. The lowest BCUT2D eigenvalue weighted by Crippen LogP contribution is -2.24. The number of nitrogens with zero attached hydrogens (tertiary/aromatic N) is 1. The summed E-state index contributed by atoms with van der Waals surface area (Å²) < 4.78 is 0. The highest BCUT2D eigenvalue weighted by molar-refractivity contribution is 5.94. The van der Waals surface area contributed by atoms with E-state index in [1.165, 1.54) is 22.3 Å². The second-order valence-electron chi connectivity index (χ2n) is 8.26. The molecule has 0 saturated carbocycles. The van der Waals surface area contributed by atoms with Crippen LogP contribution in [0.4, 0.5) is 5.82 Å². The van der Waals surface area contributed by atoms with Gasteiger partial charge in [-0.05, 0) is 66.3 Å². The van der Waals surface area contributed by atoms with Gasteiger partial charge in [0.15, 0.2) is 0 Å². The summed E-state index contributed by atoms with van der Waals surface area (Å²) in [6, 6.07) is 8.00. The van der Waals surface area contributed by atoms with Crippen molar-refractivity contribution in [2.75, 3.05) is 5.73 Å². The maximum absolute atomic E-state index is 12.9. The first-order valence-electron chi connectivity index (χ1n) is 10.3. The van der Waals surface area contributed by atoms with Crippen LogP contribution in [0.1, 0.15) is 56.6 Å². The topological polar surface area (TPSA) is 68.0 Å². The standard InChI is InChI=1S/C26H23N3O/c1-15-10-25(27)29-16(2)24(15)14-28-26(30)18-8-9-20-19-12-21(17-6-4-3-5-7-17)23(13-19)22(20)11-18/h4-12,19,23H,13-14H2,1-2H3,(H2-,27,28,29,30)/p+1. The molecular formula is C26H24N3O+. The summed E-state index contributed by atoms with van der Waals surface area (Å²) in [5.41, 5.74) is 14.7. The smallest absolute Gasteiger partial charge is 0.251 e. The molecule has 0 fully saturated rings. The molecule has 3 aliphatic carbocycles. The van der Waals surface area contributed by atoms with Crippen molar-refractivity contribution in [1.29, 1.82) is 0 Å². The molecule has 148 valence electrons. The Hall–Kier alpha value is -3.49. The van der Waals surface area contributed by atoms with Crippen molar-refractivity contribution in [3.05, 3.63) is 105 Å². The Balaban J connectivity index is 1.36. The van der Waals surface area contributed by atoms with Gasteiger partial charge < -0.3 is 11.1 Å². The molecule has 2 atom stereocenters. The third kappa shape index (κ3) is 3.06. The highest BCUT2D eigenvalue weighted by Crippen LogP contribution is 2.54. The molecule has 5 rings (SSSR count). The number of hydrogen-bond acceptors (Lipinski definition) is 3. The number of rotatable bonds is 4. The van der Waals surface area contributed by atoms with E-state index in [1.807, 2.05) is 38.1 Å². The van der Waals surface area contributed by atoms with Gasteiger partial charge in [0.25, 0.3) is 5.91 Å². The molecular weight excluding hydrogens is 370 g/mol. The number of carbonyl (C=O) groups is 1. The molecule has 3 aliphatic rings. The van der Waals surface area contributed by atoms with Gasteiger partial charge in [-0.3, -0.25) is 4.79 Å². The van der Waals surface area contributed by atoms with Crippen LogP contribution in [0.2, 0.25) is 0 Å². The Kier molecular flexibility index (Phi) is 4.38. The predicted octanol–water partition coefficient (Wildman–Crippen LogP) is 4.58. The number of aryl methyl sites for hydroxylation is 2. The van der Waals surface area contributed by atoms with Crippen LogP contribution in [0.3, 0.4) is 0 Å². The van der Waals surface area contributed by atoms with Crippen LogP contribution in [0, 0.1) is 19.9 Å². The van der Waals surface area contributed by atoms with E-state index in [-0.39, 0.29) is 5.91 Å². The molecule has 30 heavy (non-hydrogen) atoms. The van der Waals surface area contributed by atoms with Gasteiger partial charge in [-0.2, -0.15) is 0 Å². The van der Waals surface area contributed by atoms with E-state index >= 15 is 0 Å². The van der Waals surface area contributed by atoms with Gasteiger partial charge in [0.1, 0.15) is 18.0 Å². The average Bonchev–Trinajstić information content (AvgIpc) is 3.33. The highest BCUT2D eigenvalue weighted by Gasteiger charge is 2.40. The molecule has 2 bridgehead atoms. The van der Waals surface area contributed by atoms with Gasteiger partial charge >= 0.3 is 0 Å². The van der Waals surface area contributed by atoms with Crippen LogP contribution in [0.25, 0.3) is 0 Å². The quantitative estimate of drug-likeness (QED) is 0.746. The Morgan fingerprint density at radius 3 is 2.90 bits per heavy atom. The molecule has 1 amide bonds. The number of carbonyl (C=O) groups excluding carboxylic acids is 1. The Labute approximate surface area is 176 Å². The minimum atomic E-state index is -0.0592. The maximum Gasteiger partial charge on any atom is 0.251 e. The largest absolute Gasteiger partial charge is 0.384 e. The number of allylic oxidation sites excluding steroid dienone is 8. The molecule has 0 radical (unpaired) electrons. The first-order chi connectivity index (χ1) is 14.5. The van der Waals surface area contributed by atoms with Crippen molar-refractivity contribution in [2.24, 2.45) is 0 Å². The van der Waals surface area contributed by atoms with Crippen LogP contribution < -0.4 is 11.1 Å². The summed E-state index contributed by atoms with van der Waals surface area (Å²) in [5.74, 6) is 1.27. The zero-order valence-electron chi connectivity index (χ0n) is 17.2. The van der Waals surface area contributed by atoms with Gasteiger partial charge in [-0.25, -0.2) is 4.98 Å². The number of hydrogen-bond donors (Lipinski definition) is 2. The Bertz CT molecular complexity index is 1160. The van der Waals surface area contributed by atoms with Gasteiger partial charge in [-0.1, -0.05) is 12.1 Å². The third-order valence-electron chi connectivity index (χ3n) is 6.42. The van der Waals surface area contributed by atoms with Crippen molar-refractivity contribution < 1.29 is 4.79 Å². The van der Waals surface area contributed by atoms with Gasteiger partial charge in [-0.15, -0.1) is 0 Å². The zero-order chi connectivity index (χ0) is 20.8. The van der Waals surface area contributed by atoms with Gasteiger partial charge in [0.2, 0.25) is 0 Å². The fraction of sp³-hybridized carbons (Fsp3) is 0.231. The monoisotopic (exact) mass is 394 g/mol. The fourth-order valence-electron chi connectivity index (χ4n) is 4.95. The molecule has 2 unspecified atom stereocenters. The second-order valence-corrected chi connectivity index (χ2v) is 8.26. The summed E-state index contributed by atoms with van der Waals surface area (Å²) in [6.07, 6.45) is 14.7. The van der Waals surface area contributed by atoms with Crippen molar-refractivity contribution in [3.8, 4) is 0 Å². The second kappa shape index (κ2) is 7.08. The SMILES string of the molecule is Cc1cc(N)nc(C)c1CNC(=O)c1ccc2c(c1)C1CC2C=C1C1=CC=[C+]C=C1. The molecule has 1 aromatic heterocycles. The number of nitrogen functional groups attached to an aromatic ring is 1. The first-order valence-corrected chi connectivity index (χ1v) is 10.3. The highest BCUT2D eigenvalue weighted by atomic mass is 16.1. The van der Waals surface area contributed by atoms with Crippen molar-refractivity contribution in [1.82, 2.24) is 10.3 Å². The number of anilines is 1. The van der Waals surface area contributed by atoms with E-state index in [1.54, 1.807) is 0 Å². The minimum absolute atomic E-state index is 0.0592. The molecule has 3 N–H and O–H groups in total. The van der Waals surface area contributed by atoms with E-state index in [0.717, 1.165) is 23.2 Å². The summed E-state index contributed by atoms with van der Waals surface area (Å²) in [4.78, 5) is 17.2. The van der Waals surface area contributed by atoms with Crippen LogP contribution in [-0.2, 0) is 6.54 Å². The molecule has 4 nitrogen and oxygen atoms in total. The number of pyridine rings is 1. The zero-order valence-corrected chi connectivity index (χ0v) is 17.2. The molecule has 0 saturated heterocycles.